The molecule has 0 unspecified atom stereocenters. The van der Waals surface area contributed by atoms with Crippen molar-refractivity contribution >= 4 is 22.4 Å². The van der Waals surface area contributed by atoms with Crippen molar-refractivity contribution in [1.82, 2.24) is 4.98 Å². The molecule has 0 aromatic carbocycles. The first kappa shape index (κ1) is 9.66. The zero-order valence-electron chi connectivity index (χ0n) is 7.54. The maximum absolute atomic E-state index is 10.3. The summed E-state index contributed by atoms with van der Waals surface area (Å²) in [5.74, 6) is 0.267. The minimum absolute atomic E-state index is 0.245. The second kappa shape index (κ2) is 4.09. The Balaban J connectivity index is 1.96. The Hall–Kier alpha value is -1.89. The van der Waals surface area contributed by atoms with Crippen molar-refractivity contribution in [3.8, 4) is 0 Å². The number of hydrogen-bond acceptors (Lipinski definition) is 6. The lowest BCUT2D eigenvalue weighted by Gasteiger charge is -1.97. The van der Waals surface area contributed by atoms with Crippen LogP contribution in [0.25, 0.3) is 0 Å². The fraction of sp³-hybridized carbons (Fsp3) is 0.125. The summed E-state index contributed by atoms with van der Waals surface area (Å²) >= 11 is 1.46. The first-order valence-electron chi connectivity index (χ1n) is 4.12. The number of nitrogens with one attached hydrogen (secondary N) is 1. The van der Waals surface area contributed by atoms with Gasteiger partial charge in [0.25, 0.3) is 0 Å². The van der Waals surface area contributed by atoms with Crippen LogP contribution in [0.1, 0.15) is 5.76 Å². The van der Waals surface area contributed by atoms with Gasteiger partial charge in [-0.2, -0.15) is 0 Å². The number of thiazole rings is 1. The second-order valence-electron chi connectivity index (χ2n) is 2.69. The Bertz CT molecular complexity index is 451. The fourth-order valence-corrected chi connectivity index (χ4v) is 1.56. The summed E-state index contributed by atoms with van der Waals surface area (Å²) in [5, 5.41) is 15.9. The molecular formula is C8H7N3O3S. The molecule has 0 saturated heterocycles. The Morgan fingerprint density at radius 3 is 3.07 bits per heavy atom. The number of aromatic nitrogens is 1. The van der Waals surface area contributed by atoms with Crippen LogP contribution in [0.4, 0.5) is 11.0 Å². The van der Waals surface area contributed by atoms with E-state index in [1.165, 1.54) is 17.4 Å². The quantitative estimate of drug-likeness (QED) is 0.637. The van der Waals surface area contributed by atoms with Gasteiger partial charge in [0.15, 0.2) is 5.13 Å². The average Bonchev–Trinajstić information content (AvgIpc) is 2.86. The van der Waals surface area contributed by atoms with Crippen LogP contribution < -0.4 is 5.32 Å². The van der Waals surface area contributed by atoms with Gasteiger partial charge in [-0.3, -0.25) is 10.1 Å². The second-order valence-corrected chi connectivity index (χ2v) is 3.58. The van der Waals surface area contributed by atoms with E-state index < -0.39 is 4.92 Å². The highest BCUT2D eigenvalue weighted by Gasteiger charge is 2.11. The molecule has 7 heteroatoms. The monoisotopic (exact) mass is 225 g/mol. The van der Waals surface area contributed by atoms with Gasteiger partial charge in [-0.05, 0) is 6.07 Å². The smallest absolute Gasteiger partial charge is 0.404 e. The number of hydrogen-bond donors (Lipinski definition) is 1. The molecule has 0 atom stereocenters. The van der Waals surface area contributed by atoms with Crippen LogP contribution in [0.3, 0.4) is 0 Å². The molecule has 0 saturated carbocycles. The lowest BCUT2D eigenvalue weighted by Crippen LogP contribution is -1.96. The predicted molar refractivity (Wildman–Crippen MR) is 54.8 cm³/mol. The van der Waals surface area contributed by atoms with E-state index in [0.717, 1.165) is 5.13 Å². The molecule has 0 fully saturated rings. The topological polar surface area (TPSA) is 81.2 Å². The van der Waals surface area contributed by atoms with Gasteiger partial charge < -0.3 is 9.73 Å². The highest BCUT2D eigenvalue weighted by molar-refractivity contribution is 7.13. The molecule has 2 aromatic rings. The minimum atomic E-state index is -0.563. The summed E-state index contributed by atoms with van der Waals surface area (Å²) in [5.41, 5.74) is 0. The molecule has 2 rings (SSSR count). The third kappa shape index (κ3) is 2.32. The number of furan rings is 1. The van der Waals surface area contributed by atoms with Gasteiger partial charge in [-0.15, -0.1) is 11.3 Å². The summed E-state index contributed by atoms with van der Waals surface area (Å²) in [6.45, 7) is 0.390. The van der Waals surface area contributed by atoms with Gasteiger partial charge in [0.1, 0.15) is 10.7 Å². The number of anilines is 1. The van der Waals surface area contributed by atoms with Gasteiger partial charge in [0, 0.05) is 11.6 Å². The molecular weight excluding hydrogens is 218 g/mol. The highest BCUT2D eigenvalue weighted by Crippen LogP contribution is 2.17. The molecule has 0 aliphatic carbocycles. The van der Waals surface area contributed by atoms with E-state index in [-0.39, 0.29) is 5.88 Å². The molecule has 2 heterocycles. The Morgan fingerprint density at radius 1 is 1.60 bits per heavy atom. The van der Waals surface area contributed by atoms with Gasteiger partial charge in [0.05, 0.1) is 12.6 Å². The van der Waals surface area contributed by atoms with Crippen LogP contribution in [0.15, 0.2) is 28.1 Å². The van der Waals surface area contributed by atoms with Crippen LogP contribution in [-0.2, 0) is 6.54 Å². The van der Waals surface area contributed by atoms with E-state index in [0.29, 0.717) is 12.3 Å². The van der Waals surface area contributed by atoms with Crippen molar-refractivity contribution in [3.63, 3.8) is 0 Å². The SMILES string of the molecule is O=[N+]([O-])c1ccc(CNc2nccs2)o1. The highest BCUT2D eigenvalue weighted by atomic mass is 32.1. The Kier molecular flexibility index (Phi) is 2.64. The molecule has 78 valence electrons. The molecule has 0 bridgehead atoms. The van der Waals surface area contributed by atoms with Gasteiger partial charge in [0.2, 0.25) is 0 Å². The van der Waals surface area contributed by atoms with Crippen molar-refractivity contribution < 1.29 is 9.34 Å². The third-order valence-corrected chi connectivity index (χ3v) is 2.40. The molecule has 0 aliphatic rings. The lowest BCUT2D eigenvalue weighted by molar-refractivity contribution is -0.402. The number of rotatable bonds is 4. The van der Waals surface area contributed by atoms with Gasteiger partial charge >= 0.3 is 5.88 Å². The fourth-order valence-electron chi connectivity index (χ4n) is 1.03. The van der Waals surface area contributed by atoms with E-state index in [4.69, 9.17) is 4.42 Å². The van der Waals surface area contributed by atoms with E-state index >= 15 is 0 Å². The van der Waals surface area contributed by atoms with E-state index in [1.807, 2.05) is 5.38 Å². The minimum Gasteiger partial charge on any atom is -0.404 e. The predicted octanol–water partition coefficient (Wildman–Crippen LogP) is 2.26. The first-order valence-corrected chi connectivity index (χ1v) is 5.00. The Labute approximate surface area is 88.7 Å². The summed E-state index contributed by atoms with van der Waals surface area (Å²) in [7, 11) is 0. The zero-order chi connectivity index (χ0) is 10.7. The van der Waals surface area contributed by atoms with Crippen LogP contribution in [0.5, 0.6) is 0 Å². The molecule has 0 aliphatic heterocycles. The first-order chi connectivity index (χ1) is 7.25. The molecule has 0 spiro atoms. The summed E-state index contributed by atoms with van der Waals surface area (Å²) in [6, 6.07) is 2.90. The summed E-state index contributed by atoms with van der Waals surface area (Å²) < 4.78 is 4.96. The van der Waals surface area contributed by atoms with Crippen molar-refractivity contribution in [2.45, 2.75) is 6.54 Å². The molecule has 1 N–H and O–H groups in total. The van der Waals surface area contributed by atoms with Crippen LogP contribution >= 0.6 is 11.3 Å². The van der Waals surface area contributed by atoms with Crippen molar-refractivity contribution in [3.05, 3.63) is 39.6 Å². The molecule has 0 amide bonds. The van der Waals surface area contributed by atoms with Crippen LogP contribution in [-0.4, -0.2) is 9.91 Å². The standard InChI is InChI=1S/C8H7N3O3S/c12-11(13)7-2-1-6(14-7)5-10-8-9-3-4-15-8/h1-4H,5H2,(H,9,10). The molecule has 15 heavy (non-hydrogen) atoms. The third-order valence-electron chi connectivity index (χ3n) is 1.67. The Morgan fingerprint density at radius 2 is 2.47 bits per heavy atom. The normalized spacial score (nSPS) is 10.1. The van der Waals surface area contributed by atoms with Crippen molar-refractivity contribution in [2.24, 2.45) is 0 Å². The maximum Gasteiger partial charge on any atom is 0.433 e. The van der Waals surface area contributed by atoms with Crippen molar-refractivity contribution in [1.29, 1.82) is 0 Å². The molecule has 6 nitrogen and oxygen atoms in total. The van der Waals surface area contributed by atoms with Crippen LogP contribution in [0, 0.1) is 10.1 Å². The van der Waals surface area contributed by atoms with E-state index in [9.17, 15) is 10.1 Å². The van der Waals surface area contributed by atoms with Crippen LogP contribution in [0.2, 0.25) is 0 Å². The summed E-state index contributed by atoms with van der Waals surface area (Å²) in [4.78, 5) is 13.8. The molecule has 0 radical (unpaired) electrons. The maximum atomic E-state index is 10.3. The van der Waals surface area contributed by atoms with Crippen molar-refractivity contribution in [2.75, 3.05) is 5.32 Å². The van der Waals surface area contributed by atoms with Gasteiger partial charge in [-0.25, -0.2) is 4.98 Å². The number of nitro groups is 1. The average molecular weight is 225 g/mol. The van der Waals surface area contributed by atoms with Gasteiger partial charge in [-0.1, -0.05) is 0 Å². The number of nitrogens with zero attached hydrogens (tertiary/aromatic N) is 2. The van der Waals surface area contributed by atoms with E-state index in [2.05, 4.69) is 10.3 Å². The largest absolute Gasteiger partial charge is 0.433 e. The van der Waals surface area contributed by atoms with E-state index in [1.54, 1.807) is 12.3 Å². The lowest BCUT2D eigenvalue weighted by atomic mass is 10.4. The zero-order valence-corrected chi connectivity index (χ0v) is 8.36. The summed E-state index contributed by atoms with van der Waals surface area (Å²) in [6.07, 6.45) is 1.68. The molecule has 2 aromatic heterocycles.